The Kier molecular flexibility index (Phi) is 6.49. The van der Waals surface area contributed by atoms with Gasteiger partial charge in [0, 0.05) is 0 Å². The molecule has 0 atom stereocenters. The Morgan fingerprint density at radius 3 is 2.50 bits per heavy atom. The van der Waals surface area contributed by atoms with Gasteiger partial charge in [-0.3, -0.25) is 9.59 Å². The zero-order valence-electron chi connectivity index (χ0n) is 16.3. The first kappa shape index (κ1) is 20.7. The molecule has 3 aromatic rings. The lowest BCUT2D eigenvalue weighted by Gasteiger charge is -2.11. The minimum Gasteiger partial charge on any atom is -0.507 e. The number of ether oxygens (including phenoxy) is 2. The Bertz CT molecular complexity index is 1110. The summed E-state index contributed by atoms with van der Waals surface area (Å²) in [6, 6.07) is 15.5. The highest BCUT2D eigenvalue weighted by Crippen LogP contribution is 2.28. The van der Waals surface area contributed by atoms with Gasteiger partial charge >= 0.3 is 0 Å². The van der Waals surface area contributed by atoms with E-state index < -0.39 is 11.8 Å². The number of phenols is 1. The number of hydrazone groups is 1. The van der Waals surface area contributed by atoms with Gasteiger partial charge in [-0.25, -0.2) is 5.43 Å². The second-order valence-electron chi connectivity index (χ2n) is 6.31. The van der Waals surface area contributed by atoms with E-state index in [2.05, 4.69) is 10.5 Å². The molecular weight excluding hydrogens is 386 g/mol. The summed E-state index contributed by atoms with van der Waals surface area (Å²) in [7, 11) is 0. The SMILES string of the molecule is CCOc1cc(C=NNC(=O)c2cc3ccccc3cc2O)ccc1OCC(N)=O. The monoisotopic (exact) mass is 407 g/mol. The molecule has 0 unspecified atom stereocenters. The quantitative estimate of drug-likeness (QED) is 0.391. The highest BCUT2D eigenvalue weighted by Gasteiger charge is 2.12. The zero-order valence-corrected chi connectivity index (χ0v) is 16.3. The molecule has 0 saturated carbocycles. The fourth-order valence-electron chi connectivity index (χ4n) is 2.78. The number of nitrogens with two attached hydrogens (primary N) is 1. The van der Waals surface area contributed by atoms with Crippen LogP contribution in [0.3, 0.4) is 0 Å². The molecule has 3 aromatic carbocycles. The van der Waals surface area contributed by atoms with Gasteiger partial charge < -0.3 is 20.3 Å². The standard InChI is InChI=1S/C22H21N3O5/c1-2-29-20-9-14(7-8-19(20)30-13-21(23)27)12-24-25-22(28)17-10-15-5-3-4-6-16(15)11-18(17)26/h3-12,26H,2,13H2,1H3,(H2,23,27)(H,25,28). The second-order valence-corrected chi connectivity index (χ2v) is 6.31. The third-order valence-corrected chi connectivity index (χ3v) is 4.13. The molecule has 2 amide bonds. The van der Waals surface area contributed by atoms with Crippen molar-refractivity contribution in [3.63, 3.8) is 0 Å². The maximum absolute atomic E-state index is 12.4. The molecule has 8 heteroatoms. The predicted octanol–water partition coefficient (Wildman–Crippen LogP) is 2.57. The van der Waals surface area contributed by atoms with E-state index in [-0.39, 0.29) is 17.9 Å². The molecule has 0 heterocycles. The van der Waals surface area contributed by atoms with Crippen LogP contribution in [0, 0.1) is 0 Å². The van der Waals surface area contributed by atoms with Crippen LogP contribution in [0.2, 0.25) is 0 Å². The topological polar surface area (TPSA) is 123 Å². The molecule has 0 spiro atoms. The molecule has 3 rings (SSSR count). The third-order valence-electron chi connectivity index (χ3n) is 4.13. The number of rotatable bonds is 8. The highest BCUT2D eigenvalue weighted by molar-refractivity contribution is 6.01. The van der Waals surface area contributed by atoms with E-state index in [9.17, 15) is 14.7 Å². The van der Waals surface area contributed by atoms with Crippen LogP contribution in [0.25, 0.3) is 10.8 Å². The van der Waals surface area contributed by atoms with Crippen LogP contribution in [-0.4, -0.2) is 36.3 Å². The van der Waals surface area contributed by atoms with Crippen LogP contribution < -0.4 is 20.6 Å². The molecule has 0 saturated heterocycles. The van der Waals surface area contributed by atoms with Gasteiger partial charge in [-0.05, 0) is 53.6 Å². The van der Waals surface area contributed by atoms with Crippen LogP contribution in [0.4, 0.5) is 0 Å². The van der Waals surface area contributed by atoms with Gasteiger partial charge in [-0.2, -0.15) is 5.10 Å². The molecule has 0 radical (unpaired) electrons. The highest BCUT2D eigenvalue weighted by atomic mass is 16.5. The minimum absolute atomic E-state index is 0.121. The van der Waals surface area contributed by atoms with Crippen LogP contribution in [0.1, 0.15) is 22.8 Å². The van der Waals surface area contributed by atoms with Crippen molar-refractivity contribution in [2.45, 2.75) is 6.92 Å². The number of nitrogens with one attached hydrogen (secondary N) is 1. The summed E-state index contributed by atoms with van der Waals surface area (Å²) in [5, 5.41) is 15.7. The number of nitrogens with zero attached hydrogens (tertiary/aromatic N) is 1. The first-order chi connectivity index (χ1) is 14.5. The van der Waals surface area contributed by atoms with E-state index in [1.54, 1.807) is 24.3 Å². The Morgan fingerprint density at radius 1 is 1.07 bits per heavy atom. The average molecular weight is 407 g/mol. The predicted molar refractivity (Wildman–Crippen MR) is 113 cm³/mol. The van der Waals surface area contributed by atoms with E-state index in [1.807, 2.05) is 31.2 Å². The maximum atomic E-state index is 12.4. The molecule has 0 fully saturated rings. The lowest BCUT2D eigenvalue weighted by Crippen LogP contribution is -2.20. The van der Waals surface area contributed by atoms with E-state index in [4.69, 9.17) is 15.2 Å². The number of amides is 2. The summed E-state index contributed by atoms with van der Waals surface area (Å²) in [5.74, 6) is -0.473. The van der Waals surface area contributed by atoms with Crippen LogP contribution in [-0.2, 0) is 4.79 Å². The Labute approximate surface area is 172 Å². The van der Waals surface area contributed by atoms with E-state index in [0.29, 0.717) is 23.7 Å². The molecule has 0 aliphatic heterocycles. The molecule has 8 nitrogen and oxygen atoms in total. The molecule has 0 bridgehead atoms. The number of hydrogen-bond donors (Lipinski definition) is 3. The van der Waals surface area contributed by atoms with Crippen molar-refractivity contribution in [3.8, 4) is 17.2 Å². The fourth-order valence-corrected chi connectivity index (χ4v) is 2.78. The maximum Gasteiger partial charge on any atom is 0.275 e. The summed E-state index contributed by atoms with van der Waals surface area (Å²) >= 11 is 0. The molecular formula is C22H21N3O5. The number of aromatic hydroxyl groups is 1. The van der Waals surface area contributed by atoms with Gasteiger partial charge in [0.2, 0.25) is 0 Å². The lowest BCUT2D eigenvalue weighted by atomic mass is 10.1. The van der Waals surface area contributed by atoms with Crippen molar-refractivity contribution in [1.82, 2.24) is 5.43 Å². The number of phenolic OH excluding ortho intramolecular Hbond substituents is 1. The van der Waals surface area contributed by atoms with Gasteiger partial charge in [-0.1, -0.05) is 24.3 Å². The number of carbonyl (C=O) groups excluding carboxylic acids is 2. The number of benzene rings is 3. The number of hydrogen-bond acceptors (Lipinski definition) is 6. The second kappa shape index (κ2) is 9.42. The first-order valence-electron chi connectivity index (χ1n) is 9.21. The zero-order chi connectivity index (χ0) is 21.5. The minimum atomic E-state index is -0.595. The summed E-state index contributed by atoms with van der Waals surface area (Å²) < 4.78 is 10.8. The fraction of sp³-hybridized carbons (Fsp3) is 0.136. The summed E-state index contributed by atoms with van der Waals surface area (Å²) in [6.45, 7) is 1.94. The normalized spacial score (nSPS) is 10.8. The summed E-state index contributed by atoms with van der Waals surface area (Å²) in [6.07, 6.45) is 1.43. The molecule has 30 heavy (non-hydrogen) atoms. The van der Waals surface area contributed by atoms with Crippen molar-refractivity contribution in [2.24, 2.45) is 10.8 Å². The van der Waals surface area contributed by atoms with Gasteiger partial charge in [0.1, 0.15) is 5.75 Å². The van der Waals surface area contributed by atoms with Crippen LogP contribution in [0.15, 0.2) is 59.7 Å². The van der Waals surface area contributed by atoms with Gasteiger partial charge in [0.25, 0.3) is 11.8 Å². The van der Waals surface area contributed by atoms with Crippen molar-refractivity contribution >= 4 is 28.8 Å². The van der Waals surface area contributed by atoms with E-state index in [0.717, 1.165) is 10.8 Å². The average Bonchev–Trinajstić information content (AvgIpc) is 2.72. The van der Waals surface area contributed by atoms with Crippen molar-refractivity contribution in [2.75, 3.05) is 13.2 Å². The molecule has 0 aliphatic carbocycles. The van der Waals surface area contributed by atoms with Crippen LogP contribution in [0.5, 0.6) is 17.2 Å². The number of fused-ring (bicyclic) bond motifs is 1. The number of primary amides is 1. The molecule has 154 valence electrons. The molecule has 0 aromatic heterocycles. The molecule has 4 N–H and O–H groups in total. The van der Waals surface area contributed by atoms with Gasteiger partial charge in [0.05, 0.1) is 18.4 Å². The van der Waals surface area contributed by atoms with Gasteiger partial charge in [0.15, 0.2) is 18.1 Å². The Balaban J connectivity index is 1.72. The Morgan fingerprint density at radius 2 is 1.80 bits per heavy atom. The first-order valence-corrected chi connectivity index (χ1v) is 9.21. The van der Waals surface area contributed by atoms with Crippen molar-refractivity contribution in [3.05, 3.63) is 65.7 Å². The smallest absolute Gasteiger partial charge is 0.275 e. The van der Waals surface area contributed by atoms with Crippen molar-refractivity contribution in [1.29, 1.82) is 0 Å². The third kappa shape index (κ3) is 5.05. The number of carbonyl (C=O) groups is 2. The van der Waals surface area contributed by atoms with Crippen molar-refractivity contribution < 1.29 is 24.2 Å². The summed E-state index contributed by atoms with van der Waals surface area (Å²) in [5.41, 5.74) is 8.24. The largest absolute Gasteiger partial charge is 0.507 e. The van der Waals surface area contributed by atoms with E-state index in [1.165, 1.54) is 12.3 Å². The lowest BCUT2D eigenvalue weighted by molar-refractivity contribution is -0.119. The molecule has 0 aliphatic rings. The summed E-state index contributed by atoms with van der Waals surface area (Å²) in [4.78, 5) is 23.3. The van der Waals surface area contributed by atoms with E-state index >= 15 is 0 Å². The van der Waals surface area contributed by atoms with Gasteiger partial charge in [-0.15, -0.1) is 0 Å². The van der Waals surface area contributed by atoms with Crippen LogP contribution >= 0.6 is 0 Å². The Hall–Kier alpha value is -4.07.